The van der Waals surface area contributed by atoms with Gasteiger partial charge in [-0.05, 0) is 50.4 Å². The fourth-order valence-electron chi connectivity index (χ4n) is 3.91. The Morgan fingerprint density at radius 3 is 2.25 bits per heavy atom. The highest BCUT2D eigenvalue weighted by atomic mass is 16.1. The zero-order chi connectivity index (χ0) is 8.34. The van der Waals surface area contributed by atoms with Crippen molar-refractivity contribution in [3.63, 3.8) is 0 Å². The predicted octanol–water partition coefficient (Wildman–Crippen LogP) is 2.22. The van der Waals surface area contributed by atoms with E-state index >= 15 is 0 Å². The van der Waals surface area contributed by atoms with E-state index in [1.54, 1.807) is 0 Å². The molecule has 0 N–H and O–H groups in total. The third kappa shape index (κ3) is 0.773. The molecule has 4 fully saturated rings. The molecule has 0 heterocycles. The summed E-state index contributed by atoms with van der Waals surface area (Å²) in [5, 5.41) is 0. The highest BCUT2D eigenvalue weighted by Gasteiger charge is 2.52. The molecular weight excluding hydrogens is 148 g/mol. The van der Waals surface area contributed by atoms with Crippen LogP contribution in [0.3, 0.4) is 0 Å². The van der Waals surface area contributed by atoms with E-state index in [0.29, 0.717) is 23.0 Å². The van der Waals surface area contributed by atoms with Gasteiger partial charge in [-0.25, -0.2) is 0 Å². The molecule has 4 aliphatic carbocycles. The molecule has 2 unspecified atom stereocenters. The number of Topliss-reactive ketones (excluding diaryl/α,β-unsaturated/α-hetero) is 1. The lowest BCUT2D eigenvalue weighted by atomic mass is 9.50. The average molecular weight is 163 g/mol. The molecule has 0 aromatic carbocycles. The second kappa shape index (κ2) is 1.94. The number of rotatable bonds is 0. The maximum atomic E-state index is 11.7. The van der Waals surface area contributed by atoms with Crippen LogP contribution in [-0.4, -0.2) is 5.78 Å². The van der Waals surface area contributed by atoms with Crippen LogP contribution in [0.4, 0.5) is 0 Å². The molecule has 1 radical (unpaired) electrons. The van der Waals surface area contributed by atoms with Crippen molar-refractivity contribution in [2.24, 2.45) is 23.2 Å². The number of hydrogen-bond acceptors (Lipinski definition) is 1. The molecule has 65 valence electrons. The molecule has 0 aliphatic heterocycles. The van der Waals surface area contributed by atoms with Crippen molar-refractivity contribution in [1.82, 2.24) is 0 Å². The summed E-state index contributed by atoms with van der Waals surface area (Å²) in [7, 11) is 0. The third-order valence-electron chi connectivity index (χ3n) is 4.12. The number of ketones is 1. The topological polar surface area (TPSA) is 17.1 Å². The molecule has 0 aromatic heterocycles. The highest BCUT2D eigenvalue weighted by molar-refractivity contribution is 5.85. The first kappa shape index (κ1) is 7.11. The van der Waals surface area contributed by atoms with Crippen molar-refractivity contribution >= 4 is 5.78 Å². The van der Waals surface area contributed by atoms with Crippen molar-refractivity contribution < 1.29 is 4.79 Å². The fourth-order valence-corrected chi connectivity index (χ4v) is 3.91. The summed E-state index contributed by atoms with van der Waals surface area (Å²) in [6.45, 7) is 4.31. The summed E-state index contributed by atoms with van der Waals surface area (Å²) >= 11 is 0. The Balaban J connectivity index is 2.00. The number of carbonyl (C=O) groups is 1. The van der Waals surface area contributed by atoms with Gasteiger partial charge in [-0.15, -0.1) is 0 Å². The van der Waals surface area contributed by atoms with E-state index in [1.165, 1.54) is 19.3 Å². The standard InChI is InChI=1S/C11H15O/c1-11-4-7-2-8(5-11)10(12)9(3-7)6-11/h7-9H,1-6H2. The monoisotopic (exact) mass is 163 g/mol. The Bertz CT molecular complexity index is 225. The van der Waals surface area contributed by atoms with Gasteiger partial charge >= 0.3 is 0 Å². The normalized spacial score (nSPS) is 56.4. The van der Waals surface area contributed by atoms with Crippen LogP contribution in [0.15, 0.2) is 0 Å². The highest BCUT2D eigenvalue weighted by Crippen LogP contribution is 2.57. The zero-order valence-corrected chi connectivity index (χ0v) is 7.38. The van der Waals surface area contributed by atoms with Gasteiger partial charge in [0.15, 0.2) is 0 Å². The van der Waals surface area contributed by atoms with Crippen LogP contribution in [0, 0.1) is 30.1 Å². The summed E-state index contributed by atoms with van der Waals surface area (Å²) in [4.78, 5) is 11.7. The average Bonchev–Trinajstić information content (AvgIpc) is 1.96. The molecule has 12 heavy (non-hydrogen) atoms. The second-order valence-corrected chi connectivity index (χ2v) is 5.25. The Labute approximate surface area is 73.5 Å². The van der Waals surface area contributed by atoms with E-state index < -0.39 is 0 Å². The van der Waals surface area contributed by atoms with Crippen molar-refractivity contribution in [1.29, 1.82) is 0 Å². The molecule has 4 rings (SSSR count). The van der Waals surface area contributed by atoms with E-state index in [-0.39, 0.29) is 0 Å². The van der Waals surface area contributed by atoms with Crippen molar-refractivity contribution in [3.05, 3.63) is 6.92 Å². The molecular formula is C11H15O. The minimum Gasteiger partial charge on any atom is -0.299 e. The van der Waals surface area contributed by atoms with Crippen LogP contribution in [0.5, 0.6) is 0 Å². The van der Waals surface area contributed by atoms with Crippen LogP contribution in [0.2, 0.25) is 0 Å². The molecule has 0 saturated heterocycles. The van der Waals surface area contributed by atoms with Gasteiger partial charge in [0, 0.05) is 11.8 Å². The van der Waals surface area contributed by atoms with Gasteiger partial charge in [0.1, 0.15) is 5.78 Å². The fraction of sp³-hybridized carbons (Fsp3) is 0.818. The summed E-state index contributed by atoms with van der Waals surface area (Å²) in [5.74, 6) is 2.24. The van der Waals surface area contributed by atoms with E-state index in [0.717, 1.165) is 18.8 Å². The lowest BCUT2D eigenvalue weighted by molar-refractivity contribution is -0.144. The van der Waals surface area contributed by atoms with Crippen molar-refractivity contribution in [2.45, 2.75) is 32.1 Å². The lowest BCUT2D eigenvalue weighted by Gasteiger charge is -2.54. The van der Waals surface area contributed by atoms with Gasteiger partial charge in [-0.2, -0.15) is 0 Å². The van der Waals surface area contributed by atoms with Gasteiger partial charge in [-0.1, -0.05) is 0 Å². The Morgan fingerprint density at radius 2 is 1.75 bits per heavy atom. The maximum absolute atomic E-state index is 11.7. The van der Waals surface area contributed by atoms with E-state index in [9.17, 15) is 4.79 Å². The minimum absolute atomic E-state index is 0.310. The van der Waals surface area contributed by atoms with Crippen LogP contribution >= 0.6 is 0 Å². The Hall–Kier alpha value is -0.330. The number of carbonyl (C=O) groups excluding carboxylic acids is 1. The number of hydrogen-bond donors (Lipinski definition) is 0. The van der Waals surface area contributed by atoms with Gasteiger partial charge in [0.25, 0.3) is 0 Å². The molecule has 4 aliphatic rings. The van der Waals surface area contributed by atoms with Gasteiger partial charge < -0.3 is 0 Å². The van der Waals surface area contributed by atoms with Crippen LogP contribution < -0.4 is 0 Å². The Kier molecular flexibility index (Phi) is 1.15. The maximum Gasteiger partial charge on any atom is 0.139 e. The van der Waals surface area contributed by atoms with Gasteiger partial charge in [-0.3, -0.25) is 4.79 Å². The molecule has 0 amide bonds. The van der Waals surface area contributed by atoms with Crippen LogP contribution in [-0.2, 0) is 4.79 Å². The zero-order valence-electron chi connectivity index (χ0n) is 7.38. The molecule has 0 aromatic rings. The van der Waals surface area contributed by atoms with Crippen molar-refractivity contribution in [3.8, 4) is 0 Å². The predicted molar refractivity (Wildman–Crippen MR) is 46.4 cm³/mol. The molecule has 2 atom stereocenters. The summed E-state index contributed by atoms with van der Waals surface area (Å²) < 4.78 is 0. The summed E-state index contributed by atoms with van der Waals surface area (Å²) in [6, 6.07) is 0. The lowest BCUT2D eigenvalue weighted by Crippen LogP contribution is -2.50. The van der Waals surface area contributed by atoms with Gasteiger partial charge in [0.05, 0.1) is 0 Å². The minimum atomic E-state index is 0.310. The molecule has 0 spiro atoms. The van der Waals surface area contributed by atoms with Gasteiger partial charge in [0.2, 0.25) is 0 Å². The molecule has 4 saturated carbocycles. The smallest absolute Gasteiger partial charge is 0.139 e. The quantitative estimate of drug-likeness (QED) is 0.535. The first-order valence-corrected chi connectivity index (χ1v) is 5.05. The SMILES string of the molecule is [CH2]C12CC3CC(C1)C(=O)C(C3)C2. The first-order chi connectivity index (χ1) is 5.66. The van der Waals surface area contributed by atoms with E-state index in [4.69, 9.17) is 0 Å². The van der Waals surface area contributed by atoms with E-state index in [2.05, 4.69) is 6.92 Å². The molecule has 1 heteroatoms. The molecule has 4 bridgehead atoms. The summed E-state index contributed by atoms with van der Waals surface area (Å²) in [5.41, 5.74) is 0.310. The summed E-state index contributed by atoms with van der Waals surface area (Å²) in [6.07, 6.45) is 5.87. The van der Waals surface area contributed by atoms with Crippen molar-refractivity contribution in [2.75, 3.05) is 0 Å². The molecule has 1 nitrogen and oxygen atoms in total. The van der Waals surface area contributed by atoms with Crippen LogP contribution in [0.25, 0.3) is 0 Å². The largest absolute Gasteiger partial charge is 0.299 e. The third-order valence-corrected chi connectivity index (χ3v) is 4.12. The van der Waals surface area contributed by atoms with Crippen LogP contribution in [0.1, 0.15) is 32.1 Å². The Morgan fingerprint density at radius 1 is 1.17 bits per heavy atom. The van der Waals surface area contributed by atoms with E-state index in [1.807, 2.05) is 0 Å². The first-order valence-electron chi connectivity index (χ1n) is 5.05. The second-order valence-electron chi connectivity index (χ2n) is 5.25.